The lowest BCUT2D eigenvalue weighted by molar-refractivity contribution is -0.134. The maximum Gasteiger partial charge on any atom is 0.325 e. The maximum atomic E-state index is 13.5. The summed E-state index contributed by atoms with van der Waals surface area (Å²) in [5.41, 5.74) is -0.156. The zero-order valence-corrected chi connectivity index (χ0v) is 17.8. The highest BCUT2D eigenvalue weighted by atomic mass is 16.7. The molecule has 0 spiro atoms. The Kier molecular flexibility index (Phi) is 5.03. The Balaban J connectivity index is 1.29. The second-order valence-electron chi connectivity index (χ2n) is 8.38. The first-order chi connectivity index (χ1) is 15.5. The molecule has 0 bridgehead atoms. The first kappa shape index (κ1) is 20.4. The van der Waals surface area contributed by atoms with Gasteiger partial charge in [0.2, 0.25) is 6.79 Å². The summed E-state index contributed by atoms with van der Waals surface area (Å²) in [5.74, 6) is 1.18. The van der Waals surface area contributed by atoms with Crippen molar-refractivity contribution >= 4 is 17.8 Å². The van der Waals surface area contributed by atoms with Gasteiger partial charge in [0.25, 0.3) is 11.8 Å². The van der Waals surface area contributed by atoms with Gasteiger partial charge in [-0.05, 0) is 55.0 Å². The Hall–Kier alpha value is -3.49. The van der Waals surface area contributed by atoms with E-state index in [2.05, 4.69) is 5.32 Å². The van der Waals surface area contributed by atoms with Crippen molar-refractivity contribution in [3.63, 3.8) is 0 Å². The van der Waals surface area contributed by atoms with Crippen LogP contribution in [-0.2, 0) is 11.3 Å². The number of likely N-dealkylation sites (tertiary alicyclic amines) is 1. The third-order valence-electron chi connectivity index (χ3n) is 6.75. The van der Waals surface area contributed by atoms with E-state index in [4.69, 9.17) is 13.9 Å². The number of benzene rings is 1. The minimum absolute atomic E-state index is 0.0497. The molecule has 1 aromatic heterocycles. The van der Waals surface area contributed by atoms with E-state index in [0.29, 0.717) is 49.6 Å². The van der Waals surface area contributed by atoms with Gasteiger partial charge in [0.15, 0.2) is 17.3 Å². The number of piperidine rings is 1. The first-order valence-electron chi connectivity index (χ1n) is 10.9. The van der Waals surface area contributed by atoms with Gasteiger partial charge in [-0.25, -0.2) is 4.79 Å². The van der Waals surface area contributed by atoms with Crippen molar-refractivity contribution in [3.8, 4) is 11.5 Å². The summed E-state index contributed by atoms with van der Waals surface area (Å²) in [7, 11) is 0. The van der Waals surface area contributed by atoms with Crippen LogP contribution < -0.4 is 14.8 Å². The van der Waals surface area contributed by atoms with E-state index in [0.717, 1.165) is 5.56 Å². The number of hydrogen-bond acceptors (Lipinski definition) is 6. The van der Waals surface area contributed by atoms with Gasteiger partial charge in [-0.3, -0.25) is 14.5 Å². The van der Waals surface area contributed by atoms with Crippen LogP contribution in [0, 0.1) is 5.92 Å². The molecule has 1 atom stereocenters. The largest absolute Gasteiger partial charge is 0.459 e. The standard InChI is InChI=1S/C23H25N3O6/c1-2-23(16-7-9-25(10-8-16)20(27)18-4-3-11-30-18)21(28)26(22(29)24-23)13-15-5-6-17-19(12-15)32-14-31-17/h3-6,11-12,16H,2,7-10,13-14H2,1H3,(H,24,29). The smallest absolute Gasteiger partial charge is 0.325 e. The number of rotatable bonds is 5. The van der Waals surface area contributed by atoms with Crippen LogP contribution >= 0.6 is 0 Å². The molecule has 9 nitrogen and oxygen atoms in total. The number of amides is 4. The number of nitrogens with zero attached hydrogens (tertiary/aromatic N) is 2. The maximum absolute atomic E-state index is 13.5. The van der Waals surface area contributed by atoms with Gasteiger partial charge in [-0.15, -0.1) is 0 Å². The number of hydrogen-bond donors (Lipinski definition) is 1. The average molecular weight is 439 g/mol. The van der Waals surface area contributed by atoms with Crippen molar-refractivity contribution in [2.24, 2.45) is 5.92 Å². The molecule has 1 unspecified atom stereocenters. The number of fused-ring (bicyclic) bond motifs is 1. The molecule has 9 heteroatoms. The van der Waals surface area contributed by atoms with Crippen molar-refractivity contribution in [2.75, 3.05) is 19.9 Å². The molecule has 2 saturated heterocycles. The van der Waals surface area contributed by atoms with Gasteiger partial charge in [0.05, 0.1) is 12.8 Å². The fourth-order valence-corrected chi connectivity index (χ4v) is 4.95. The van der Waals surface area contributed by atoms with Crippen LogP contribution in [0.2, 0.25) is 0 Å². The number of carbonyl (C=O) groups excluding carboxylic acids is 3. The Morgan fingerprint density at radius 3 is 2.66 bits per heavy atom. The van der Waals surface area contributed by atoms with Crippen molar-refractivity contribution in [2.45, 2.75) is 38.3 Å². The van der Waals surface area contributed by atoms with Crippen molar-refractivity contribution in [1.29, 1.82) is 0 Å². The van der Waals surface area contributed by atoms with E-state index in [1.807, 2.05) is 13.0 Å². The number of urea groups is 1. The molecule has 1 aromatic carbocycles. The summed E-state index contributed by atoms with van der Waals surface area (Å²) in [4.78, 5) is 41.9. The number of nitrogens with one attached hydrogen (secondary N) is 1. The van der Waals surface area contributed by atoms with E-state index >= 15 is 0 Å². The molecule has 4 heterocycles. The number of imide groups is 1. The molecule has 0 aliphatic carbocycles. The normalized spacial score (nSPS) is 23.0. The van der Waals surface area contributed by atoms with E-state index in [9.17, 15) is 14.4 Å². The number of carbonyl (C=O) groups is 3. The molecule has 2 aromatic rings. The second kappa shape index (κ2) is 7.89. The highest BCUT2D eigenvalue weighted by molar-refractivity contribution is 6.07. The van der Waals surface area contributed by atoms with Crippen molar-refractivity contribution in [1.82, 2.24) is 15.1 Å². The summed E-state index contributed by atoms with van der Waals surface area (Å²) >= 11 is 0. The minimum Gasteiger partial charge on any atom is -0.459 e. The van der Waals surface area contributed by atoms with E-state index in [1.54, 1.807) is 29.2 Å². The lowest BCUT2D eigenvalue weighted by atomic mass is 9.75. The molecular formula is C23H25N3O6. The van der Waals surface area contributed by atoms with Crippen molar-refractivity contribution in [3.05, 3.63) is 47.9 Å². The lowest BCUT2D eigenvalue weighted by Crippen LogP contribution is -2.56. The molecule has 0 radical (unpaired) electrons. The van der Waals surface area contributed by atoms with E-state index in [-0.39, 0.29) is 37.1 Å². The molecule has 32 heavy (non-hydrogen) atoms. The Morgan fingerprint density at radius 2 is 1.94 bits per heavy atom. The third-order valence-corrected chi connectivity index (χ3v) is 6.75. The molecule has 168 valence electrons. The molecular weight excluding hydrogens is 414 g/mol. The predicted octanol–water partition coefficient (Wildman–Crippen LogP) is 2.76. The Bertz CT molecular complexity index is 1040. The molecule has 4 amide bonds. The lowest BCUT2D eigenvalue weighted by Gasteiger charge is -2.40. The van der Waals surface area contributed by atoms with Gasteiger partial charge in [0, 0.05) is 13.1 Å². The SMILES string of the molecule is CCC1(C2CCN(C(=O)c3ccco3)CC2)NC(=O)N(Cc2ccc3c(c2)OCO3)C1=O. The molecule has 2 fully saturated rings. The van der Waals surface area contributed by atoms with Crippen LogP contribution in [0.25, 0.3) is 0 Å². The van der Waals surface area contributed by atoms with Crippen LogP contribution in [0.15, 0.2) is 41.0 Å². The molecule has 3 aliphatic rings. The molecule has 1 N–H and O–H groups in total. The van der Waals surface area contributed by atoms with Gasteiger partial charge < -0.3 is 24.1 Å². The fourth-order valence-electron chi connectivity index (χ4n) is 4.95. The highest BCUT2D eigenvalue weighted by Crippen LogP contribution is 2.38. The van der Waals surface area contributed by atoms with Gasteiger partial charge in [-0.1, -0.05) is 13.0 Å². The monoisotopic (exact) mass is 439 g/mol. The van der Waals surface area contributed by atoms with Crippen LogP contribution in [0.4, 0.5) is 4.79 Å². The van der Waals surface area contributed by atoms with Gasteiger partial charge >= 0.3 is 6.03 Å². The summed E-state index contributed by atoms with van der Waals surface area (Å²) in [6, 6.07) is 8.37. The summed E-state index contributed by atoms with van der Waals surface area (Å²) in [6.07, 6.45) is 3.23. The van der Waals surface area contributed by atoms with Crippen LogP contribution in [0.1, 0.15) is 42.3 Å². The topological polar surface area (TPSA) is 101 Å². The quantitative estimate of drug-likeness (QED) is 0.719. The summed E-state index contributed by atoms with van der Waals surface area (Å²) in [5, 5.41) is 2.99. The Morgan fingerprint density at radius 1 is 1.16 bits per heavy atom. The van der Waals surface area contributed by atoms with E-state index in [1.165, 1.54) is 11.2 Å². The summed E-state index contributed by atoms with van der Waals surface area (Å²) in [6.45, 7) is 3.28. The molecule has 3 aliphatic heterocycles. The third kappa shape index (κ3) is 3.28. The van der Waals surface area contributed by atoms with Crippen LogP contribution in [-0.4, -0.2) is 53.1 Å². The van der Waals surface area contributed by atoms with Gasteiger partial charge in [0.1, 0.15) is 5.54 Å². The first-order valence-corrected chi connectivity index (χ1v) is 10.9. The molecule has 0 saturated carbocycles. The van der Waals surface area contributed by atoms with Crippen LogP contribution in [0.5, 0.6) is 11.5 Å². The summed E-state index contributed by atoms with van der Waals surface area (Å²) < 4.78 is 16.0. The zero-order chi connectivity index (χ0) is 22.3. The van der Waals surface area contributed by atoms with E-state index < -0.39 is 5.54 Å². The second-order valence-corrected chi connectivity index (χ2v) is 8.38. The average Bonchev–Trinajstić information content (AvgIpc) is 3.56. The zero-order valence-electron chi connectivity index (χ0n) is 17.8. The fraction of sp³-hybridized carbons (Fsp3) is 0.435. The number of ether oxygens (including phenoxy) is 2. The van der Waals surface area contributed by atoms with Crippen molar-refractivity contribution < 1.29 is 28.3 Å². The van der Waals surface area contributed by atoms with Crippen LogP contribution in [0.3, 0.4) is 0 Å². The molecule has 5 rings (SSSR count). The minimum atomic E-state index is -0.951. The highest BCUT2D eigenvalue weighted by Gasteiger charge is 2.55. The number of furan rings is 1. The van der Waals surface area contributed by atoms with Gasteiger partial charge in [-0.2, -0.15) is 0 Å². The predicted molar refractivity (Wildman–Crippen MR) is 112 cm³/mol. The Labute approximate surface area is 185 Å².